The third kappa shape index (κ3) is 6.13. The summed E-state index contributed by atoms with van der Waals surface area (Å²) < 4.78 is 0. The molecule has 84 valence electrons. The van der Waals surface area contributed by atoms with Gasteiger partial charge in [0.1, 0.15) is 5.84 Å². The van der Waals surface area contributed by atoms with Crippen LogP contribution in [0.2, 0.25) is 0 Å². The molecule has 0 fully saturated rings. The van der Waals surface area contributed by atoms with E-state index >= 15 is 0 Å². The van der Waals surface area contributed by atoms with E-state index in [0.29, 0.717) is 17.5 Å². The van der Waals surface area contributed by atoms with Gasteiger partial charge in [0.2, 0.25) is 0 Å². The minimum Gasteiger partial charge on any atom is -0.409 e. The summed E-state index contributed by atoms with van der Waals surface area (Å²) in [5.74, 6) is 2.25. The lowest BCUT2D eigenvalue weighted by Gasteiger charge is -2.15. The van der Waals surface area contributed by atoms with E-state index < -0.39 is 0 Å². The van der Waals surface area contributed by atoms with Gasteiger partial charge < -0.3 is 10.9 Å². The fourth-order valence-corrected chi connectivity index (χ4v) is 2.37. The van der Waals surface area contributed by atoms with Crippen molar-refractivity contribution in [3.63, 3.8) is 0 Å². The molecule has 0 saturated carbocycles. The molecule has 0 bridgehead atoms. The fourth-order valence-electron chi connectivity index (χ4n) is 1.01. The van der Waals surface area contributed by atoms with Gasteiger partial charge in [-0.05, 0) is 18.1 Å². The highest BCUT2D eigenvalue weighted by Gasteiger charge is 2.10. The Morgan fingerprint density at radius 1 is 1.43 bits per heavy atom. The monoisotopic (exact) mass is 218 g/mol. The largest absolute Gasteiger partial charge is 0.409 e. The van der Waals surface area contributed by atoms with Crippen LogP contribution in [0.15, 0.2) is 5.16 Å². The predicted octanol–water partition coefficient (Wildman–Crippen LogP) is 2.68. The van der Waals surface area contributed by atoms with Crippen molar-refractivity contribution in [2.45, 2.75) is 45.3 Å². The number of thioether (sulfide) groups is 1. The molecule has 0 amide bonds. The Hall–Kier alpha value is -0.380. The van der Waals surface area contributed by atoms with E-state index in [-0.39, 0.29) is 0 Å². The molecule has 0 rings (SSSR count). The van der Waals surface area contributed by atoms with Gasteiger partial charge in [0.25, 0.3) is 0 Å². The highest BCUT2D eigenvalue weighted by molar-refractivity contribution is 7.99. The number of hydrogen-bond acceptors (Lipinski definition) is 3. The zero-order valence-electron chi connectivity index (χ0n) is 9.36. The maximum atomic E-state index is 8.46. The van der Waals surface area contributed by atoms with Gasteiger partial charge in [-0.15, -0.1) is 0 Å². The molecule has 0 heterocycles. The summed E-state index contributed by atoms with van der Waals surface area (Å²) in [5, 5.41) is 11.9. The van der Waals surface area contributed by atoms with E-state index in [9.17, 15) is 0 Å². The summed E-state index contributed by atoms with van der Waals surface area (Å²) in [4.78, 5) is 0. The van der Waals surface area contributed by atoms with Crippen molar-refractivity contribution in [2.75, 3.05) is 5.75 Å². The second-order valence-electron chi connectivity index (χ2n) is 3.67. The molecule has 2 atom stereocenters. The van der Waals surface area contributed by atoms with Crippen molar-refractivity contribution < 1.29 is 5.21 Å². The lowest BCUT2D eigenvalue weighted by Crippen LogP contribution is -2.19. The van der Waals surface area contributed by atoms with Crippen molar-refractivity contribution in [3.05, 3.63) is 0 Å². The first-order chi connectivity index (χ1) is 6.63. The molecule has 0 aromatic carbocycles. The normalized spacial score (nSPS) is 16.6. The molecule has 0 radical (unpaired) electrons. The van der Waals surface area contributed by atoms with Crippen LogP contribution in [0.3, 0.4) is 0 Å². The number of amidine groups is 1. The Balaban J connectivity index is 3.79. The first kappa shape index (κ1) is 13.6. The van der Waals surface area contributed by atoms with Gasteiger partial charge in [0.15, 0.2) is 0 Å². The SMILES string of the molecule is CCC(C)CSC(CC)CC(N)=NO. The fraction of sp³-hybridized carbons (Fsp3) is 0.900. The Kier molecular flexibility index (Phi) is 7.76. The van der Waals surface area contributed by atoms with Crippen molar-refractivity contribution >= 4 is 17.6 Å². The molecule has 14 heavy (non-hydrogen) atoms. The van der Waals surface area contributed by atoms with Gasteiger partial charge in [0.05, 0.1) is 0 Å². The average Bonchev–Trinajstić information content (AvgIpc) is 2.22. The molecular formula is C10H22N2OS. The summed E-state index contributed by atoms with van der Waals surface area (Å²) in [7, 11) is 0. The molecule has 0 aromatic heterocycles. The maximum Gasteiger partial charge on any atom is 0.140 e. The van der Waals surface area contributed by atoms with Crippen molar-refractivity contribution in [1.82, 2.24) is 0 Å². The smallest absolute Gasteiger partial charge is 0.140 e. The van der Waals surface area contributed by atoms with E-state index in [1.807, 2.05) is 11.8 Å². The van der Waals surface area contributed by atoms with Crippen LogP contribution in [0.5, 0.6) is 0 Å². The first-order valence-electron chi connectivity index (χ1n) is 5.21. The lowest BCUT2D eigenvalue weighted by molar-refractivity contribution is 0.316. The van der Waals surface area contributed by atoms with Crippen LogP contribution in [0.4, 0.5) is 0 Å². The van der Waals surface area contributed by atoms with E-state index in [4.69, 9.17) is 10.9 Å². The number of rotatable bonds is 7. The zero-order chi connectivity index (χ0) is 11.0. The molecular weight excluding hydrogens is 196 g/mol. The molecule has 0 spiro atoms. The second kappa shape index (κ2) is 7.97. The van der Waals surface area contributed by atoms with E-state index in [1.165, 1.54) is 6.42 Å². The topological polar surface area (TPSA) is 58.6 Å². The standard InChI is InChI=1S/C10H22N2OS/c1-4-8(3)7-14-9(5-2)6-10(11)12-13/h8-9,13H,4-7H2,1-3H3,(H2,11,12). The van der Waals surface area contributed by atoms with Crippen LogP contribution >= 0.6 is 11.8 Å². The second-order valence-corrected chi connectivity index (χ2v) is 5.01. The highest BCUT2D eigenvalue weighted by Crippen LogP contribution is 2.21. The number of hydrogen-bond donors (Lipinski definition) is 2. The predicted molar refractivity (Wildman–Crippen MR) is 64.0 cm³/mol. The van der Waals surface area contributed by atoms with Crippen LogP contribution < -0.4 is 5.73 Å². The van der Waals surface area contributed by atoms with Gasteiger partial charge in [-0.25, -0.2) is 0 Å². The molecule has 0 aliphatic heterocycles. The van der Waals surface area contributed by atoms with Crippen LogP contribution in [-0.4, -0.2) is 22.0 Å². The van der Waals surface area contributed by atoms with Gasteiger partial charge in [-0.2, -0.15) is 11.8 Å². The van der Waals surface area contributed by atoms with E-state index in [2.05, 4.69) is 25.9 Å². The van der Waals surface area contributed by atoms with E-state index in [0.717, 1.165) is 18.1 Å². The quantitative estimate of drug-likeness (QED) is 0.299. The van der Waals surface area contributed by atoms with Gasteiger partial charge >= 0.3 is 0 Å². The number of nitrogens with two attached hydrogens (primary N) is 1. The minimum atomic E-state index is 0.341. The Bertz CT molecular complexity index is 174. The van der Waals surface area contributed by atoms with E-state index in [1.54, 1.807) is 0 Å². The molecule has 0 aliphatic carbocycles. The van der Waals surface area contributed by atoms with Crippen molar-refractivity contribution in [2.24, 2.45) is 16.8 Å². The van der Waals surface area contributed by atoms with Crippen LogP contribution in [0.25, 0.3) is 0 Å². The van der Waals surface area contributed by atoms with Crippen molar-refractivity contribution in [3.8, 4) is 0 Å². The average molecular weight is 218 g/mol. The summed E-state index contributed by atoms with van der Waals surface area (Å²) >= 11 is 1.93. The first-order valence-corrected chi connectivity index (χ1v) is 6.26. The maximum absolute atomic E-state index is 8.46. The summed E-state index contributed by atoms with van der Waals surface area (Å²) in [6.07, 6.45) is 2.97. The molecule has 0 aromatic rings. The van der Waals surface area contributed by atoms with Crippen LogP contribution in [0, 0.1) is 5.92 Å². The summed E-state index contributed by atoms with van der Waals surface area (Å²) in [5.41, 5.74) is 5.47. The Morgan fingerprint density at radius 2 is 2.07 bits per heavy atom. The van der Waals surface area contributed by atoms with Crippen LogP contribution in [-0.2, 0) is 0 Å². The highest BCUT2D eigenvalue weighted by atomic mass is 32.2. The summed E-state index contributed by atoms with van der Waals surface area (Å²) in [6.45, 7) is 6.60. The van der Waals surface area contributed by atoms with Crippen LogP contribution in [0.1, 0.15) is 40.0 Å². The molecule has 0 aliphatic rings. The van der Waals surface area contributed by atoms with Gasteiger partial charge in [-0.3, -0.25) is 0 Å². The number of nitrogens with zero attached hydrogens (tertiary/aromatic N) is 1. The number of oxime groups is 1. The third-order valence-corrected chi connectivity index (χ3v) is 4.07. The Morgan fingerprint density at radius 3 is 2.50 bits per heavy atom. The molecule has 3 N–H and O–H groups in total. The van der Waals surface area contributed by atoms with Gasteiger partial charge in [-0.1, -0.05) is 32.3 Å². The zero-order valence-corrected chi connectivity index (χ0v) is 10.2. The summed E-state index contributed by atoms with van der Waals surface area (Å²) in [6, 6.07) is 0. The molecule has 2 unspecified atom stereocenters. The lowest BCUT2D eigenvalue weighted by atomic mass is 10.2. The van der Waals surface area contributed by atoms with Gasteiger partial charge in [0, 0.05) is 11.7 Å². The third-order valence-electron chi connectivity index (χ3n) is 2.33. The minimum absolute atomic E-state index is 0.341. The molecule has 3 nitrogen and oxygen atoms in total. The van der Waals surface area contributed by atoms with Crippen molar-refractivity contribution in [1.29, 1.82) is 0 Å². The Labute approximate surface area is 91.1 Å². The molecule has 4 heteroatoms. The molecule has 0 saturated heterocycles.